The topological polar surface area (TPSA) is 72.5 Å². The van der Waals surface area contributed by atoms with Crippen LogP contribution in [0.5, 0.6) is 11.5 Å². The molecule has 1 heterocycles. The zero-order valence-electron chi connectivity index (χ0n) is 15.3. The third-order valence-corrected chi connectivity index (χ3v) is 4.92. The second kappa shape index (κ2) is 8.71. The second-order valence-corrected chi connectivity index (χ2v) is 6.88. The molecule has 136 valence electrons. The summed E-state index contributed by atoms with van der Waals surface area (Å²) in [5.74, 6) is 1.36. The summed E-state index contributed by atoms with van der Waals surface area (Å²) in [6.07, 6.45) is 0. The molecule has 2 aromatic rings. The molecule has 0 fully saturated rings. The summed E-state index contributed by atoms with van der Waals surface area (Å²) in [6, 6.07) is 5.33. The largest absolute Gasteiger partial charge is 0.493 e. The predicted octanol–water partition coefficient (Wildman–Crippen LogP) is 3.73. The van der Waals surface area contributed by atoms with Gasteiger partial charge in [0.2, 0.25) is 0 Å². The molecule has 0 unspecified atom stereocenters. The van der Waals surface area contributed by atoms with Crippen molar-refractivity contribution in [2.45, 2.75) is 40.3 Å². The van der Waals surface area contributed by atoms with Gasteiger partial charge in [0.1, 0.15) is 0 Å². The van der Waals surface area contributed by atoms with Crippen LogP contribution in [0.3, 0.4) is 0 Å². The number of methoxy groups -OCH3 is 1. The van der Waals surface area contributed by atoms with Gasteiger partial charge in [-0.2, -0.15) is 0 Å². The van der Waals surface area contributed by atoms with E-state index < -0.39 is 0 Å². The number of benzene rings is 1. The number of carbonyl (C=O) groups excluding carboxylic acids is 1. The summed E-state index contributed by atoms with van der Waals surface area (Å²) in [4.78, 5) is 17.6. The van der Waals surface area contributed by atoms with E-state index in [0.717, 1.165) is 21.1 Å². The first-order chi connectivity index (χ1) is 11.9. The normalized spacial score (nSPS) is 11.7. The van der Waals surface area contributed by atoms with Crippen LogP contribution < -0.4 is 20.1 Å². The fraction of sp³-hybridized carbons (Fsp3) is 0.444. The maximum absolute atomic E-state index is 12.1. The molecule has 0 radical (unpaired) electrons. The van der Waals surface area contributed by atoms with E-state index in [1.165, 1.54) is 0 Å². The average Bonchev–Trinajstić information content (AvgIpc) is 2.92. The number of rotatable bonds is 7. The molecule has 0 aliphatic rings. The Morgan fingerprint density at radius 2 is 2.08 bits per heavy atom. The van der Waals surface area contributed by atoms with Crippen LogP contribution in [0.15, 0.2) is 18.2 Å². The van der Waals surface area contributed by atoms with Crippen LogP contribution in [-0.2, 0) is 6.54 Å². The van der Waals surface area contributed by atoms with E-state index in [2.05, 4.69) is 15.6 Å². The summed E-state index contributed by atoms with van der Waals surface area (Å²) in [5.41, 5.74) is 1.90. The fourth-order valence-electron chi connectivity index (χ4n) is 2.54. The molecule has 1 atom stereocenters. The lowest BCUT2D eigenvalue weighted by Gasteiger charge is -2.15. The van der Waals surface area contributed by atoms with Crippen LogP contribution in [0.4, 0.5) is 4.79 Å². The number of thiazole rings is 1. The van der Waals surface area contributed by atoms with Crippen molar-refractivity contribution in [1.82, 2.24) is 15.6 Å². The van der Waals surface area contributed by atoms with E-state index in [9.17, 15) is 4.79 Å². The molecule has 1 aromatic carbocycles. The third-order valence-electron chi connectivity index (χ3n) is 3.66. The van der Waals surface area contributed by atoms with Gasteiger partial charge in [-0.3, -0.25) is 0 Å². The van der Waals surface area contributed by atoms with Crippen LogP contribution in [0, 0.1) is 13.8 Å². The molecule has 0 saturated carbocycles. The minimum atomic E-state index is -0.217. The SMILES string of the molecule is CCOc1ccc(CNC(=O)N[C@@H](C)c2sc(C)nc2C)cc1OC. The van der Waals surface area contributed by atoms with Crippen molar-refractivity contribution >= 4 is 17.4 Å². The summed E-state index contributed by atoms with van der Waals surface area (Å²) >= 11 is 1.61. The van der Waals surface area contributed by atoms with Crippen LogP contribution in [0.25, 0.3) is 0 Å². The molecule has 0 aliphatic heterocycles. The standard InChI is InChI=1S/C18H25N3O3S/c1-6-24-15-8-7-14(9-16(15)23-5)10-19-18(22)21-12(3)17-11(2)20-13(4)25-17/h7-9,12H,6,10H2,1-5H3,(H2,19,21,22)/t12-/m0/s1. The van der Waals surface area contributed by atoms with Gasteiger partial charge in [-0.1, -0.05) is 6.07 Å². The van der Waals surface area contributed by atoms with Gasteiger partial charge < -0.3 is 20.1 Å². The Kier molecular flexibility index (Phi) is 6.64. The number of nitrogens with zero attached hydrogens (tertiary/aromatic N) is 1. The Hall–Kier alpha value is -2.28. The van der Waals surface area contributed by atoms with E-state index in [0.29, 0.717) is 24.7 Å². The lowest BCUT2D eigenvalue weighted by Crippen LogP contribution is -2.36. The van der Waals surface area contributed by atoms with Crippen molar-refractivity contribution in [3.05, 3.63) is 39.3 Å². The maximum Gasteiger partial charge on any atom is 0.315 e. The molecule has 0 aliphatic carbocycles. The number of hydrogen-bond donors (Lipinski definition) is 2. The van der Waals surface area contributed by atoms with Crippen molar-refractivity contribution in [2.75, 3.05) is 13.7 Å². The molecule has 2 amide bonds. The Labute approximate surface area is 152 Å². The molecule has 0 saturated heterocycles. The smallest absolute Gasteiger partial charge is 0.315 e. The lowest BCUT2D eigenvalue weighted by atomic mass is 10.2. The van der Waals surface area contributed by atoms with Crippen molar-refractivity contribution < 1.29 is 14.3 Å². The second-order valence-electron chi connectivity index (χ2n) is 5.65. The number of nitrogens with one attached hydrogen (secondary N) is 2. The highest BCUT2D eigenvalue weighted by molar-refractivity contribution is 7.11. The third kappa shape index (κ3) is 5.09. The number of aryl methyl sites for hydroxylation is 2. The molecule has 0 bridgehead atoms. The Bertz CT molecular complexity index is 730. The monoisotopic (exact) mass is 363 g/mol. The molecular weight excluding hydrogens is 338 g/mol. The van der Waals surface area contributed by atoms with Gasteiger partial charge in [0, 0.05) is 11.4 Å². The van der Waals surface area contributed by atoms with Gasteiger partial charge in [-0.25, -0.2) is 9.78 Å². The number of ether oxygens (including phenoxy) is 2. The first-order valence-electron chi connectivity index (χ1n) is 8.22. The van der Waals surface area contributed by atoms with Gasteiger partial charge in [0.15, 0.2) is 11.5 Å². The molecule has 2 N–H and O–H groups in total. The maximum atomic E-state index is 12.1. The van der Waals surface area contributed by atoms with Crippen LogP contribution in [0.2, 0.25) is 0 Å². The highest BCUT2D eigenvalue weighted by Gasteiger charge is 2.15. The summed E-state index contributed by atoms with van der Waals surface area (Å²) < 4.78 is 10.8. The van der Waals surface area contributed by atoms with E-state index in [1.807, 2.05) is 45.9 Å². The van der Waals surface area contributed by atoms with E-state index >= 15 is 0 Å². The van der Waals surface area contributed by atoms with E-state index in [1.54, 1.807) is 18.4 Å². The van der Waals surface area contributed by atoms with Crippen LogP contribution >= 0.6 is 11.3 Å². The molecular formula is C18H25N3O3S. The van der Waals surface area contributed by atoms with Crippen LogP contribution in [0.1, 0.15) is 41.0 Å². The molecule has 25 heavy (non-hydrogen) atoms. The molecule has 2 rings (SSSR count). The lowest BCUT2D eigenvalue weighted by molar-refractivity contribution is 0.237. The van der Waals surface area contributed by atoms with Crippen molar-refractivity contribution in [3.8, 4) is 11.5 Å². The number of carbonyl (C=O) groups is 1. The van der Waals surface area contributed by atoms with Gasteiger partial charge in [-0.15, -0.1) is 11.3 Å². The Morgan fingerprint density at radius 1 is 1.32 bits per heavy atom. The summed E-state index contributed by atoms with van der Waals surface area (Å²) in [5, 5.41) is 6.81. The Morgan fingerprint density at radius 3 is 2.68 bits per heavy atom. The number of amides is 2. The molecule has 1 aromatic heterocycles. The first-order valence-corrected chi connectivity index (χ1v) is 9.04. The minimum Gasteiger partial charge on any atom is -0.493 e. The van der Waals surface area contributed by atoms with Gasteiger partial charge >= 0.3 is 6.03 Å². The van der Waals surface area contributed by atoms with Gasteiger partial charge in [0.25, 0.3) is 0 Å². The van der Waals surface area contributed by atoms with Gasteiger partial charge in [-0.05, 0) is 45.4 Å². The summed E-state index contributed by atoms with van der Waals surface area (Å²) in [7, 11) is 1.60. The number of aromatic nitrogens is 1. The van der Waals surface area contributed by atoms with Crippen molar-refractivity contribution in [3.63, 3.8) is 0 Å². The average molecular weight is 363 g/mol. The zero-order valence-corrected chi connectivity index (χ0v) is 16.1. The van der Waals surface area contributed by atoms with E-state index in [4.69, 9.17) is 9.47 Å². The zero-order chi connectivity index (χ0) is 18.4. The van der Waals surface area contributed by atoms with Crippen molar-refractivity contribution in [1.29, 1.82) is 0 Å². The van der Waals surface area contributed by atoms with Crippen LogP contribution in [-0.4, -0.2) is 24.7 Å². The highest BCUT2D eigenvalue weighted by Crippen LogP contribution is 2.28. The quantitative estimate of drug-likeness (QED) is 0.786. The van der Waals surface area contributed by atoms with Crippen molar-refractivity contribution in [2.24, 2.45) is 0 Å². The highest BCUT2D eigenvalue weighted by atomic mass is 32.1. The predicted molar refractivity (Wildman–Crippen MR) is 99.5 cm³/mol. The van der Waals surface area contributed by atoms with Gasteiger partial charge in [0.05, 0.1) is 30.5 Å². The number of urea groups is 1. The summed E-state index contributed by atoms with van der Waals surface area (Å²) in [6.45, 7) is 8.79. The molecule has 6 nitrogen and oxygen atoms in total. The number of hydrogen-bond acceptors (Lipinski definition) is 5. The Balaban J connectivity index is 1.92. The fourth-order valence-corrected chi connectivity index (χ4v) is 3.47. The van der Waals surface area contributed by atoms with E-state index in [-0.39, 0.29) is 12.1 Å². The first kappa shape index (κ1) is 19.1. The molecule has 7 heteroatoms. The molecule has 0 spiro atoms. The minimum absolute atomic E-state index is 0.0823.